The molecule has 1 aromatic carbocycles. The van der Waals surface area contributed by atoms with E-state index in [9.17, 15) is 9.90 Å². The zero-order valence-electron chi connectivity index (χ0n) is 12.1. The summed E-state index contributed by atoms with van der Waals surface area (Å²) >= 11 is 0. The van der Waals surface area contributed by atoms with E-state index in [-0.39, 0.29) is 30.4 Å². The Morgan fingerprint density at radius 3 is 2.45 bits per heavy atom. The monoisotopic (exact) mass is 300 g/mol. The Labute approximate surface area is 127 Å². The van der Waals surface area contributed by atoms with Gasteiger partial charge < -0.3 is 16.2 Å². The molecule has 1 amide bonds. The Hall–Kier alpha value is -1.10. The normalized spacial score (nSPS) is 14.8. The standard InChI is InChI=1S/C15H24N2O2.ClH/c1-11(16)8-9-15(19)17-12(2)10-14(18)13-6-4-3-5-7-13;/h3-7,11-12,14,18H,8-10,16H2,1-2H3,(H,17,19);1H. The van der Waals surface area contributed by atoms with E-state index in [1.165, 1.54) is 0 Å². The van der Waals surface area contributed by atoms with Crippen LogP contribution < -0.4 is 11.1 Å². The number of carbonyl (C=O) groups excluding carboxylic acids is 1. The van der Waals surface area contributed by atoms with Gasteiger partial charge in [-0.1, -0.05) is 30.3 Å². The number of nitrogens with one attached hydrogen (secondary N) is 1. The van der Waals surface area contributed by atoms with Crippen molar-refractivity contribution < 1.29 is 9.90 Å². The van der Waals surface area contributed by atoms with Crippen LogP contribution in [0, 0.1) is 0 Å². The second-order valence-electron chi connectivity index (χ2n) is 5.15. The van der Waals surface area contributed by atoms with Gasteiger partial charge in [-0.2, -0.15) is 0 Å². The number of hydrogen-bond donors (Lipinski definition) is 3. The molecule has 0 aliphatic heterocycles. The van der Waals surface area contributed by atoms with Crippen molar-refractivity contribution in [1.82, 2.24) is 5.32 Å². The Morgan fingerprint density at radius 2 is 1.90 bits per heavy atom. The van der Waals surface area contributed by atoms with E-state index < -0.39 is 6.10 Å². The lowest BCUT2D eigenvalue weighted by molar-refractivity contribution is -0.122. The van der Waals surface area contributed by atoms with Crippen LogP contribution >= 0.6 is 12.4 Å². The van der Waals surface area contributed by atoms with Gasteiger partial charge in [0, 0.05) is 18.5 Å². The molecule has 0 fully saturated rings. The minimum Gasteiger partial charge on any atom is -0.388 e. The Morgan fingerprint density at radius 1 is 1.30 bits per heavy atom. The molecule has 5 heteroatoms. The molecule has 0 radical (unpaired) electrons. The molecule has 114 valence electrons. The van der Waals surface area contributed by atoms with Gasteiger partial charge in [0.25, 0.3) is 0 Å². The van der Waals surface area contributed by atoms with E-state index in [0.717, 1.165) is 5.56 Å². The summed E-state index contributed by atoms with van der Waals surface area (Å²) in [6.07, 6.45) is 1.07. The molecule has 20 heavy (non-hydrogen) atoms. The highest BCUT2D eigenvalue weighted by molar-refractivity contribution is 5.85. The average Bonchev–Trinajstić information content (AvgIpc) is 2.37. The predicted octanol–water partition coefficient (Wildman–Crippen LogP) is 2.16. The van der Waals surface area contributed by atoms with Crippen molar-refractivity contribution in [2.75, 3.05) is 0 Å². The number of aliphatic hydroxyl groups excluding tert-OH is 1. The summed E-state index contributed by atoms with van der Waals surface area (Å²) in [6.45, 7) is 3.78. The first-order chi connectivity index (χ1) is 8.99. The highest BCUT2D eigenvalue weighted by Crippen LogP contribution is 2.17. The molecule has 0 aliphatic rings. The molecular formula is C15H25ClN2O2. The molecule has 0 saturated heterocycles. The molecule has 0 aliphatic carbocycles. The van der Waals surface area contributed by atoms with Crippen molar-refractivity contribution in [3.63, 3.8) is 0 Å². The molecular weight excluding hydrogens is 276 g/mol. The number of rotatable bonds is 7. The summed E-state index contributed by atoms with van der Waals surface area (Å²) in [7, 11) is 0. The fourth-order valence-corrected chi connectivity index (χ4v) is 1.91. The average molecular weight is 301 g/mol. The Balaban J connectivity index is 0.00000361. The van der Waals surface area contributed by atoms with Gasteiger partial charge in [-0.3, -0.25) is 4.79 Å². The number of benzene rings is 1. The SMILES string of the molecule is CC(N)CCC(=O)NC(C)CC(O)c1ccccc1.Cl. The maximum atomic E-state index is 11.6. The van der Waals surface area contributed by atoms with Gasteiger partial charge >= 0.3 is 0 Å². The molecule has 0 aromatic heterocycles. The van der Waals surface area contributed by atoms with Crippen molar-refractivity contribution >= 4 is 18.3 Å². The Kier molecular flexibility index (Phi) is 9.21. The lowest BCUT2D eigenvalue weighted by atomic mass is 10.0. The summed E-state index contributed by atoms with van der Waals surface area (Å²) in [4.78, 5) is 11.6. The number of carbonyl (C=O) groups is 1. The highest BCUT2D eigenvalue weighted by atomic mass is 35.5. The zero-order chi connectivity index (χ0) is 14.3. The van der Waals surface area contributed by atoms with Crippen LogP contribution in [0.5, 0.6) is 0 Å². The predicted molar refractivity (Wildman–Crippen MR) is 83.8 cm³/mol. The van der Waals surface area contributed by atoms with E-state index in [2.05, 4.69) is 5.32 Å². The second-order valence-corrected chi connectivity index (χ2v) is 5.15. The third-order valence-electron chi connectivity index (χ3n) is 3.00. The van der Waals surface area contributed by atoms with E-state index in [4.69, 9.17) is 5.73 Å². The lowest BCUT2D eigenvalue weighted by Gasteiger charge is -2.18. The fourth-order valence-electron chi connectivity index (χ4n) is 1.91. The number of amides is 1. The number of hydrogen-bond acceptors (Lipinski definition) is 3. The summed E-state index contributed by atoms with van der Waals surface area (Å²) in [5, 5.41) is 12.9. The number of nitrogens with two attached hydrogens (primary N) is 1. The number of aliphatic hydroxyl groups is 1. The second kappa shape index (κ2) is 9.75. The fraction of sp³-hybridized carbons (Fsp3) is 0.533. The molecule has 3 unspecified atom stereocenters. The molecule has 4 nitrogen and oxygen atoms in total. The van der Waals surface area contributed by atoms with Crippen molar-refractivity contribution in [3.05, 3.63) is 35.9 Å². The van der Waals surface area contributed by atoms with Crippen LogP contribution in [0.4, 0.5) is 0 Å². The first-order valence-electron chi connectivity index (χ1n) is 6.77. The summed E-state index contributed by atoms with van der Waals surface area (Å²) in [5.41, 5.74) is 6.48. The molecule has 0 bridgehead atoms. The van der Waals surface area contributed by atoms with Gasteiger partial charge in [0.05, 0.1) is 6.10 Å². The maximum absolute atomic E-state index is 11.6. The van der Waals surface area contributed by atoms with Crippen molar-refractivity contribution in [2.24, 2.45) is 5.73 Å². The van der Waals surface area contributed by atoms with Gasteiger partial charge in [0.15, 0.2) is 0 Å². The van der Waals surface area contributed by atoms with Gasteiger partial charge in [-0.05, 0) is 32.3 Å². The molecule has 0 heterocycles. The molecule has 1 rings (SSSR count). The van der Waals surface area contributed by atoms with Crippen LogP contribution in [0.3, 0.4) is 0 Å². The summed E-state index contributed by atoms with van der Waals surface area (Å²) in [5.74, 6) is -0.00920. The Bertz CT molecular complexity index is 385. The van der Waals surface area contributed by atoms with E-state index in [1.807, 2.05) is 44.2 Å². The minimum absolute atomic E-state index is 0. The van der Waals surface area contributed by atoms with E-state index in [1.54, 1.807) is 0 Å². The van der Waals surface area contributed by atoms with Gasteiger partial charge in [0.2, 0.25) is 5.91 Å². The van der Waals surface area contributed by atoms with Crippen LogP contribution in [0.25, 0.3) is 0 Å². The summed E-state index contributed by atoms with van der Waals surface area (Å²) in [6, 6.07) is 9.45. The van der Waals surface area contributed by atoms with Crippen molar-refractivity contribution in [3.8, 4) is 0 Å². The van der Waals surface area contributed by atoms with Crippen LogP contribution in [0.15, 0.2) is 30.3 Å². The first kappa shape index (κ1) is 18.9. The van der Waals surface area contributed by atoms with Crippen molar-refractivity contribution in [2.45, 2.75) is 51.3 Å². The quantitative estimate of drug-likeness (QED) is 0.722. The van der Waals surface area contributed by atoms with Crippen molar-refractivity contribution in [1.29, 1.82) is 0 Å². The molecule has 1 aromatic rings. The van der Waals surface area contributed by atoms with E-state index in [0.29, 0.717) is 19.3 Å². The summed E-state index contributed by atoms with van der Waals surface area (Å²) < 4.78 is 0. The van der Waals surface area contributed by atoms with Crippen LogP contribution in [-0.2, 0) is 4.79 Å². The zero-order valence-corrected chi connectivity index (χ0v) is 12.9. The van der Waals surface area contributed by atoms with Crippen LogP contribution in [-0.4, -0.2) is 23.1 Å². The molecule has 4 N–H and O–H groups in total. The van der Waals surface area contributed by atoms with Crippen LogP contribution in [0.2, 0.25) is 0 Å². The first-order valence-corrected chi connectivity index (χ1v) is 6.77. The minimum atomic E-state index is -0.551. The molecule has 0 saturated carbocycles. The molecule has 0 spiro atoms. The molecule has 3 atom stereocenters. The maximum Gasteiger partial charge on any atom is 0.220 e. The number of halogens is 1. The highest BCUT2D eigenvalue weighted by Gasteiger charge is 2.14. The van der Waals surface area contributed by atoms with Gasteiger partial charge in [0.1, 0.15) is 0 Å². The lowest BCUT2D eigenvalue weighted by Crippen LogP contribution is -2.34. The third-order valence-corrected chi connectivity index (χ3v) is 3.00. The van der Waals surface area contributed by atoms with Gasteiger partial charge in [-0.15, -0.1) is 12.4 Å². The topological polar surface area (TPSA) is 75.4 Å². The van der Waals surface area contributed by atoms with E-state index >= 15 is 0 Å². The van der Waals surface area contributed by atoms with Crippen LogP contribution in [0.1, 0.15) is 44.8 Å². The van der Waals surface area contributed by atoms with Gasteiger partial charge in [-0.25, -0.2) is 0 Å². The smallest absolute Gasteiger partial charge is 0.220 e. The largest absolute Gasteiger partial charge is 0.388 e. The third kappa shape index (κ3) is 7.48.